The van der Waals surface area contributed by atoms with Crippen LogP contribution in [0.3, 0.4) is 0 Å². The van der Waals surface area contributed by atoms with Gasteiger partial charge >= 0.3 is 0 Å². The van der Waals surface area contributed by atoms with Gasteiger partial charge in [0.15, 0.2) is 0 Å². The van der Waals surface area contributed by atoms with Gasteiger partial charge in [-0.1, -0.05) is 13.8 Å². The van der Waals surface area contributed by atoms with E-state index in [1.54, 1.807) is 11.3 Å². The Hall–Kier alpha value is -1.39. The van der Waals surface area contributed by atoms with E-state index in [1.165, 1.54) is 4.88 Å². The third-order valence-corrected chi connectivity index (χ3v) is 4.40. The zero-order valence-electron chi connectivity index (χ0n) is 12.3. The standard InChI is InChI=1S/C16H22N2OS/c1-4-10-19-13-8-6-12(7-9-13)16-18-14(5-2)15(20-16)11(3)17/h6-9,11H,4-5,10,17H2,1-3H3. The van der Waals surface area contributed by atoms with Crippen molar-refractivity contribution in [2.45, 2.75) is 39.7 Å². The molecule has 20 heavy (non-hydrogen) atoms. The number of aromatic nitrogens is 1. The van der Waals surface area contributed by atoms with Gasteiger partial charge in [0.2, 0.25) is 0 Å². The largest absolute Gasteiger partial charge is 0.494 e. The highest BCUT2D eigenvalue weighted by atomic mass is 32.1. The molecule has 0 saturated carbocycles. The number of thiazole rings is 1. The smallest absolute Gasteiger partial charge is 0.123 e. The summed E-state index contributed by atoms with van der Waals surface area (Å²) >= 11 is 1.69. The molecule has 2 aromatic rings. The number of nitrogens with zero attached hydrogens (tertiary/aromatic N) is 1. The van der Waals surface area contributed by atoms with Crippen LogP contribution in [0.5, 0.6) is 5.75 Å². The summed E-state index contributed by atoms with van der Waals surface area (Å²) in [7, 11) is 0. The predicted molar refractivity (Wildman–Crippen MR) is 85.3 cm³/mol. The third-order valence-electron chi connectivity index (χ3n) is 3.05. The Labute approximate surface area is 124 Å². The Morgan fingerprint density at radius 2 is 1.95 bits per heavy atom. The van der Waals surface area contributed by atoms with E-state index in [4.69, 9.17) is 15.5 Å². The van der Waals surface area contributed by atoms with Crippen molar-refractivity contribution in [2.24, 2.45) is 5.73 Å². The molecule has 0 fully saturated rings. The topological polar surface area (TPSA) is 48.1 Å². The van der Waals surface area contributed by atoms with Crippen LogP contribution < -0.4 is 10.5 Å². The Morgan fingerprint density at radius 1 is 1.25 bits per heavy atom. The molecule has 0 amide bonds. The van der Waals surface area contributed by atoms with Gasteiger partial charge in [0.05, 0.1) is 12.3 Å². The predicted octanol–water partition coefficient (Wildman–Crippen LogP) is 4.18. The average molecular weight is 290 g/mol. The molecule has 0 aliphatic rings. The van der Waals surface area contributed by atoms with Gasteiger partial charge in [0.1, 0.15) is 10.8 Å². The van der Waals surface area contributed by atoms with Gasteiger partial charge in [-0.05, 0) is 44.0 Å². The molecular formula is C16H22N2OS. The summed E-state index contributed by atoms with van der Waals surface area (Å²) in [4.78, 5) is 5.90. The maximum absolute atomic E-state index is 6.01. The van der Waals surface area contributed by atoms with Crippen molar-refractivity contribution in [2.75, 3.05) is 6.61 Å². The van der Waals surface area contributed by atoms with Crippen molar-refractivity contribution in [3.63, 3.8) is 0 Å². The molecule has 4 heteroatoms. The minimum absolute atomic E-state index is 0.0448. The first-order valence-electron chi connectivity index (χ1n) is 7.14. The molecule has 0 radical (unpaired) electrons. The Balaban J connectivity index is 2.23. The van der Waals surface area contributed by atoms with Crippen molar-refractivity contribution in [3.05, 3.63) is 34.8 Å². The first kappa shape index (κ1) is 15.0. The number of ether oxygens (including phenoxy) is 1. The van der Waals surface area contributed by atoms with Crippen LogP contribution in [0.2, 0.25) is 0 Å². The van der Waals surface area contributed by atoms with Crippen LogP contribution in [-0.2, 0) is 6.42 Å². The van der Waals surface area contributed by atoms with Gasteiger partial charge in [-0.3, -0.25) is 0 Å². The van der Waals surface area contributed by atoms with Gasteiger partial charge < -0.3 is 10.5 Å². The lowest BCUT2D eigenvalue weighted by Crippen LogP contribution is -2.05. The van der Waals surface area contributed by atoms with Crippen LogP contribution in [0.15, 0.2) is 24.3 Å². The third kappa shape index (κ3) is 3.38. The van der Waals surface area contributed by atoms with E-state index in [0.717, 1.165) is 41.5 Å². The zero-order chi connectivity index (χ0) is 14.5. The summed E-state index contributed by atoms with van der Waals surface area (Å²) in [6, 6.07) is 8.18. The van der Waals surface area contributed by atoms with Crippen molar-refractivity contribution < 1.29 is 4.74 Å². The zero-order valence-corrected chi connectivity index (χ0v) is 13.2. The molecule has 1 atom stereocenters. The fourth-order valence-corrected chi connectivity index (χ4v) is 3.12. The van der Waals surface area contributed by atoms with E-state index in [9.17, 15) is 0 Å². The lowest BCUT2D eigenvalue weighted by atomic mass is 10.2. The average Bonchev–Trinajstić information content (AvgIpc) is 2.90. The van der Waals surface area contributed by atoms with Crippen molar-refractivity contribution in [1.82, 2.24) is 4.98 Å². The lowest BCUT2D eigenvalue weighted by molar-refractivity contribution is 0.317. The summed E-state index contributed by atoms with van der Waals surface area (Å²) in [5.41, 5.74) is 8.25. The first-order valence-corrected chi connectivity index (χ1v) is 7.95. The molecule has 108 valence electrons. The lowest BCUT2D eigenvalue weighted by Gasteiger charge is -2.04. The van der Waals surface area contributed by atoms with Crippen molar-refractivity contribution in [3.8, 4) is 16.3 Å². The SMILES string of the molecule is CCCOc1ccc(-c2nc(CC)c(C(C)N)s2)cc1. The molecule has 2 rings (SSSR count). The molecule has 0 saturated heterocycles. The molecule has 0 spiro atoms. The minimum Gasteiger partial charge on any atom is -0.494 e. The number of rotatable bonds is 6. The van der Waals surface area contributed by atoms with Crippen LogP contribution in [-0.4, -0.2) is 11.6 Å². The summed E-state index contributed by atoms with van der Waals surface area (Å²) < 4.78 is 5.60. The van der Waals surface area contributed by atoms with Gasteiger partial charge in [0, 0.05) is 16.5 Å². The molecule has 0 aliphatic heterocycles. The van der Waals surface area contributed by atoms with Gasteiger partial charge in [-0.2, -0.15) is 0 Å². The number of nitrogens with two attached hydrogens (primary N) is 1. The highest BCUT2D eigenvalue weighted by molar-refractivity contribution is 7.15. The quantitative estimate of drug-likeness (QED) is 0.868. The molecule has 0 aliphatic carbocycles. The van der Waals surface area contributed by atoms with Crippen molar-refractivity contribution in [1.29, 1.82) is 0 Å². The van der Waals surface area contributed by atoms with Gasteiger partial charge in [-0.25, -0.2) is 4.98 Å². The molecule has 1 aromatic carbocycles. The summed E-state index contributed by atoms with van der Waals surface area (Å²) in [5, 5.41) is 1.04. The van der Waals surface area contributed by atoms with Crippen LogP contribution >= 0.6 is 11.3 Å². The van der Waals surface area contributed by atoms with Crippen LogP contribution in [0.25, 0.3) is 10.6 Å². The van der Waals surface area contributed by atoms with Crippen molar-refractivity contribution >= 4 is 11.3 Å². The van der Waals surface area contributed by atoms with Crippen LogP contribution in [0, 0.1) is 0 Å². The summed E-state index contributed by atoms with van der Waals surface area (Å²) in [5.74, 6) is 0.912. The molecular weight excluding hydrogens is 268 g/mol. The maximum Gasteiger partial charge on any atom is 0.123 e. The second-order valence-electron chi connectivity index (χ2n) is 4.85. The number of aryl methyl sites for hydroxylation is 1. The molecule has 2 N–H and O–H groups in total. The summed E-state index contributed by atoms with van der Waals surface area (Å²) in [6.07, 6.45) is 1.94. The molecule has 1 unspecified atom stereocenters. The molecule has 1 aromatic heterocycles. The van der Waals surface area contributed by atoms with E-state index in [-0.39, 0.29) is 6.04 Å². The van der Waals surface area contributed by atoms with Gasteiger partial charge in [0.25, 0.3) is 0 Å². The van der Waals surface area contributed by atoms with E-state index in [0.29, 0.717) is 0 Å². The highest BCUT2D eigenvalue weighted by Gasteiger charge is 2.14. The maximum atomic E-state index is 6.01. The normalized spacial score (nSPS) is 12.4. The van der Waals surface area contributed by atoms with Crippen LogP contribution in [0.4, 0.5) is 0 Å². The Bertz CT molecular complexity index is 546. The second-order valence-corrected chi connectivity index (χ2v) is 5.88. The highest BCUT2D eigenvalue weighted by Crippen LogP contribution is 2.32. The number of hydrogen-bond donors (Lipinski definition) is 1. The number of benzene rings is 1. The second kappa shape index (κ2) is 6.86. The van der Waals surface area contributed by atoms with E-state index < -0.39 is 0 Å². The Kier molecular flexibility index (Phi) is 5.15. The van der Waals surface area contributed by atoms with Gasteiger partial charge in [-0.15, -0.1) is 11.3 Å². The van der Waals surface area contributed by atoms with E-state index in [2.05, 4.69) is 26.0 Å². The first-order chi connectivity index (χ1) is 9.65. The fourth-order valence-electron chi connectivity index (χ4n) is 2.01. The fraction of sp³-hybridized carbons (Fsp3) is 0.438. The molecule has 3 nitrogen and oxygen atoms in total. The minimum atomic E-state index is 0.0448. The Morgan fingerprint density at radius 3 is 2.45 bits per heavy atom. The summed E-state index contributed by atoms with van der Waals surface area (Å²) in [6.45, 7) is 6.99. The monoisotopic (exact) mass is 290 g/mol. The van der Waals surface area contributed by atoms with E-state index in [1.807, 2.05) is 19.1 Å². The van der Waals surface area contributed by atoms with Crippen LogP contribution in [0.1, 0.15) is 43.8 Å². The molecule has 1 heterocycles. The number of hydrogen-bond acceptors (Lipinski definition) is 4. The molecule has 0 bridgehead atoms. The van der Waals surface area contributed by atoms with E-state index >= 15 is 0 Å².